The lowest BCUT2D eigenvalue weighted by molar-refractivity contribution is -0.0694. The molecular formula is C27H37BrO5. The first-order valence-electron chi connectivity index (χ1n) is 12.1. The highest BCUT2D eigenvalue weighted by Crippen LogP contribution is 2.54. The first-order chi connectivity index (χ1) is 15.3. The highest BCUT2D eigenvalue weighted by atomic mass is 79.9. The molecule has 0 amide bonds. The second-order valence-electron chi connectivity index (χ2n) is 11.3. The van der Waals surface area contributed by atoms with E-state index in [-0.39, 0.29) is 28.8 Å². The van der Waals surface area contributed by atoms with Gasteiger partial charge in [0.2, 0.25) is 0 Å². The predicted molar refractivity (Wildman–Crippen MR) is 132 cm³/mol. The first-order valence-corrected chi connectivity index (χ1v) is 13.0. The zero-order valence-electron chi connectivity index (χ0n) is 20.2. The third-order valence-electron chi connectivity index (χ3n) is 8.38. The van der Waals surface area contributed by atoms with Gasteiger partial charge in [-0.25, -0.2) is 4.79 Å². The number of rotatable bonds is 1. The molecule has 182 valence electrons. The molecule has 1 unspecified atom stereocenters. The Morgan fingerprint density at radius 1 is 1.18 bits per heavy atom. The number of esters is 1. The fraction of sp³-hybridized carbons (Fsp3) is 0.667. The number of carbonyl (C=O) groups excluding carboxylic acids is 1. The van der Waals surface area contributed by atoms with Crippen LogP contribution in [0.2, 0.25) is 0 Å². The summed E-state index contributed by atoms with van der Waals surface area (Å²) in [6, 6.07) is 4.90. The second-order valence-corrected chi connectivity index (χ2v) is 12.4. The van der Waals surface area contributed by atoms with Crippen LogP contribution in [0.4, 0.5) is 0 Å². The third-order valence-corrected chi connectivity index (χ3v) is 9.89. The molecule has 33 heavy (non-hydrogen) atoms. The minimum atomic E-state index is -1.17. The van der Waals surface area contributed by atoms with Crippen molar-refractivity contribution in [3.05, 3.63) is 41.5 Å². The van der Waals surface area contributed by atoms with E-state index in [0.717, 1.165) is 31.2 Å². The number of carbonyl (C=O) groups is 1. The molecule has 3 aliphatic rings. The van der Waals surface area contributed by atoms with E-state index < -0.39 is 17.7 Å². The van der Waals surface area contributed by atoms with Crippen molar-refractivity contribution in [2.75, 3.05) is 0 Å². The van der Waals surface area contributed by atoms with E-state index in [1.165, 1.54) is 5.57 Å². The SMILES string of the molecule is C=C1CC[C@H](Br)[C@@]2(C)CC[C@@H]3O[C@@]3(C)CC[C@@H](C(C)(C)O)OC(=O)c3ccc(O)c(c3)CC12. The smallest absolute Gasteiger partial charge is 0.338 e. The van der Waals surface area contributed by atoms with Gasteiger partial charge >= 0.3 is 5.97 Å². The lowest BCUT2D eigenvalue weighted by Crippen LogP contribution is -2.42. The van der Waals surface area contributed by atoms with Gasteiger partial charge in [-0.3, -0.25) is 0 Å². The molecule has 2 bridgehead atoms. The lowest BCUT2D eigenvalue weighted by Gasteiger charge is -2.47. The molecule has 2 heterocycles. The Labute approximate surface area is 205 Å². The molecule has 6 heteroatoms. The Morgan fingerprint density at radius 2 is 1.91 bits per heavy atom. The molecule has 0 radical (unpaired) electrons. The molecule has 1 saturated heterocycles. The van der Waals surface area contributed by atoms with Gasteiger partial charge in [0.15, 0.2) is 0 Å². The maximum Gasteiger partial charge on any atom is 0.338 e. The van der Waals surface area contributed by atoms with Crippen molar-refractivity contribution in [2.24, 2.45) is 11.3 Å². The fourth-order valence-corrected chi connectivity index (χ4v) is 6.57. The molecule has 1 saturated carbocycles. The van der Waals surface area contributed by atoms with Gasteiger partial charge in [0.05, 0.1) is 22.9 Å². The number of benzene rings is 1. The van der Waals surface area contributed by atoms with Gasteiger partial charge in [0.1, 0.15) is 11.9 Å². The molecule has 4 rings (SSSR count). The molecule has 2 aliphatic heterocycles. The number of phenolic OH excluding ortho intramolecular Hbond substituents is 1. The van der Waals surface area contributed by atoms with Crippen LogP contribution < -0.4 is 0 Å². The Morgan fingerprint density at radius 3 is 2.61 bits per heavy atom. The van der Waals surface area contributed by atoms with Crippen molar-refractivity contribution in [1.82, 2.24) is 0 Å². The van der Waals surface area contributed by atoms with Crippen LogP contribution >= 0.6 is 15.9 Å². The van der Waals surface area contributed by atoms with Crippen LogP contribution in [0.15, 0.2) is 30.4 Å². The summed E-state index contributed by atoms with van der Waals surface area (Å²) in [5, 5.41) is 21.3. The number of allylic oxidation sites excluding steroid dienone is 1. The molecular weight excluding hydrogens is 484 g/mol. The summed E-state index contributed by atoms with van der Waals surface area (Å²) in [7, 11) is 0. The van der Waals surface area contributed by atoms with Crippen LogP contribution in [-0.2, 0) is 15.9 Å². The number of epoxide rings is 1. The third kappa shape index (κ3) is 4.89. The summed E-state index contributed by atoms with van der Waals surface area (Å²) in [4.78, 5) is 13.4. The number of phenols is 1. The summed E-state index contributed by atoms with van der Waals surface area (Å²) in [5.74, 6) is -0.132. The first kappa shape index (κ1) is 24.7. The van der Waals surface area contributed by atoms with Crippen LogP contribution in [-0.4, -0.2) is 44.4 Å². The zero-order valence-corrected chi connectivity index (χ0v) is 21.8. The average Bonchev–Trinajstić information content (AvgIpc) is 3.39. The highest BCUT2D eigenvalue weighted by molar-refractivity contribution is 9.09. The van der Waals surface area contributed by atoms with Crippen LogP contribution in [0.5, 0.6) is 5.75 Å². The minimum Gasteiger partial charge on any atom is -0.508 e. The Balaban J connectivity index is 1.72. The quantitative estimate of drug-likeness (QED) is 0.215. The van der Waals surface area contributed by atoms with E-state index in [4.69, 9.17) is 9.47 Å². The van der Waals surface area contributed by atoms with Crippen LogP contribution in [0, 0.1) is 11.3 Å². The largest absolute Gasteiger partial charge is 0.508 e. The molecule has 5 nitrogen and oxygen atoms in total. The molecule has 1 aromatic carbocycles. The standard InChI is InChI=1S/C27H37BrO5/c1-16-6-9-21(28)26(4)12-10-23-27(5,33-23)13-11-22(25(2,3)31)32-24(30)17-7-8-20(29)18(14-17)15-19(16)26/h7-8,14,19,21-23,29,31H,1,6,9-13,15H2,2-5H3/t19?,21-,22-,23-,26-,27-/m0/s1. The van der Waals surface area contributed by atoms with Crippen molar-refractivity contribution >= 4 is 21.9 Å². The number of ether oxygens (including phenoxy) is 2. The topological polar surface area (TPSA) is 79.3 Å². The molecule has 1 aliphatic carbocycles. The van der Waals surface area contributed by atoms with Crippen molar-refractivity contribution in [1.29, 1.82) is 0 Å². The van der Waals surface area contributed by atoms with Gasteiger partial charge in [-0.15, -0.1) is 0 Å². The monoisotopic (exact) mass is 520 g/mol. The molecule has 2 N–H and O–H groups in total. The molecule has 0 aromatic heterocycles. The number of aliphatic hydroxyl groups is 1. The molecule has 2 fully saturated rings. The summed E-state index contributed by atoms with van der Waals surface area (Å²) < 4.78 is 11.9. The Bertz CT molecular complexity index is 937. The lowest BCUT2D eigenvalue weighted by atomic mass is 9.61. The number of hydrogen-bond donors (Lipinski definition) is 2. The predicted octanol–water partition coefficient (Wildman–Crippen LogP) is 5.70. The zero-order chi connectivity index (χ0) is 24.2. The van der Waals surface area contributed by atoms with Crippen molar-refractivity contribution in [3.63, 3.8) is 0 Å². The minimum absolute atomic E-state index is 0.0407. The Kier molecular flexibility index (Phi) is 6.52. The van der Waals surface area contributed by atoms with Crippen LogP contribution in [0.25, 0.3) is 0 Å². The van der Waals surface area contributed by atoms with Gasteiger partial charge in [-0.05, 0) is 101 Å². The highest BCUT2D eigenvalue weighted by Gasteiger charge is 2.54. The van der Waals surface area contributed by atoms with E-state index in [1.807, 2.05) is 0 Å². The summed E-state index contributed by atoms with van der Waals surface area (Å²) in [6.45, 7) is 12.2. The normalized spacial score (nSPS) is 37.8. The van der Waals surface area contributed by atoms with Crippen LogP contribution in [0.3, 0.4) is 0 Å². The van der Waals surface area contributed by atoms with E-state index in [1.54, 1.807) is 32.0 Å². The van der Waals surface area contributed by atoms with Crippen LogP contribution in [0.1, 0.15) is 82.1 Å². The summed E-state index contributed by atoms with van der Waals surface area (Å²) in [5.41, 5.74) is 0.842. The molecule has 0 spiro atoms. The van der Waals surface area contributed by atoms with Crippen molar-refractivity contribution in [3.8, 4) is 5.75 Å². The van der Waals surface area contributed by atoms with E-state index in [9.17, 15) is 15.0 Å². The second kappa shape index (κ2) is 8.69. The van der Waals surface area contributed by atoms with Gasteiger partial charge in [-0.1, -0.05) is 35.0 Å². The number of alkyl halides is 1. The van der Waals surface area contributed by atoms with Gasteiger partial charge in [0, 0.05) is 4.83 Å². The van der Waals surface area contributed by atoms with E-state index in [0.29, 0.717) is 29.7 Å². The number of fused-ring (bicyclic) bond motifs is 4. The number of halogens is 1. The maximum atomic E-state index is 13.0. The molecule has 6 atom stereocenters. The van der Waals surface area contributed by atoms with E-state index >= 15 is 0 Å². The maximum absolute atomic E-state index is 13.0. The van der Waals surface area contributed by atoms with Gasteiger partial charge < -0.3 is 19.7 Å². The van der Waals surface area contributed by atoms with Gasteiger partial charge in [-0.2, -0.15) is 0 Å². The summed E-state index contributed by atoms with van der Waals surface area (Å²) >= 11 is 3.97. The number of hydrogen-bond acceptors (Lipinski definition) is 5. The molecule has 1 aromatic rings. The number of aromatic hydroxyl groups is 1. The number of cyclic esters (lactones) is 1. The Hall–Kier alpha value is -1.37. The average molecular weight is 521 g/mol. The summed E-state index contributed by atoms with van der Waals surface area (Å²) in [6.07, 6.45) is 5.26. The van der Waals surface area contributed by atoms with Crippen molar-refractivity contribution in [2.45, 2.75) is 101 Å². The fourth-order valence-electron chi connectivity index (χ4n) is 5.79. The van der Waals surface area contributed by atoms with Crippen molar-refractivity contribution < 1.29 is 24.5 Å². The van der Waals surface area contributed by atoms with E-state index in [2.05, 4.69) is 36.4 Å². The van der Waals surface area contributed by atoms with Gasteiger partial charge in [0.25, 0.3) is 0 Å².